The van der Waals surface area contributed by atoms with Gasteiger partial charge in [-0.1, -0.05) is 11.6 Å². The van der Waals surface area contributed by atoms with Crippen LogP contribution in [0.3, 0.4) is 0 Å². The van der Waals surface area contributed by atoms with Crippen LogP contribution in [0.15, 0.2) is 18.2 Å². The molecule has 4 nitrogen and oxygen atoms in total. The van der Waals surface area contributed by atoms with Crippen molar-refractivity contribution in [1.29, 1.82) is 0 Å². The van der Waals surface area contributed by atoms with Crippen molar-refractivity contribution in [3.63, 3.8) is 0 Å². The summed E-state index contributed by atoms with van der Waals surface area (Å²) in [6.45, 7) is 1.89. The highest BCUT2D eigenvalue weighted by atomic mass is 35.5. The maximum Gasteiger partial charge on any atom is 0.246 e. The number of likely N-dealkylation sites (tertiary alicyclic amines) is 1. The van der Waals surface area contributed by atoms with Crippen LogP contribution in [0.5, 0.6) is 11.5 Å². The second-order valence-corrected chi connectivity index (χ2v) is 4.66. The van der Waals surface area contributed by atoms with E-state index in [0.717, 1.165) is 25.1 Å². The first kappa shape index (κ1) is 11.4. The van der Waals surface area contributed by atoms with Crippen LogP contribution in [-0.2, 0) is 4.79 Å². The molecule has 0 aliphatic carbocycles. The fourth-order valence-electron chi connectivity index (χ4n) is 1.89. The van der Waals surface area contributed by atoms with Crippen LogP contribution in [0.1, 0.15) is 12.0 Å². The third-order valence-corrected chi connectivity index (χ3v) is 3.32. The fraction of sp³-hybridized carbons (Fsp3) is 0.308. The normalized spacial score (nSPS) is 17.1. The van der Waals surface area contributed by atoms with Gasteiger partial charge in [0.2, 0.25) is 12.7 Å². The zero-order valence-corrected chi connectivity index (χ0v) is 10.4. The Morgan fingerprint density at radius 2 is 2.17 bits per heavy atom. The summed E-state index contributed by atoms with van der Waals surface area (Å²) in [6, 6.07) is 3.57. The zero-order chi connectivity index (χ0) is 12.5. The fourth-order valence-corrected chi connectivity index (χ4v) is 2.17. The Hall–Kier alpha value is -1.68. The molecule has 94 valence electrons. The van der Waals surface area contributed by atoms with Gasteiger partial charge in [0, 0.05) is 19.2 Å². The van der Waals surface area contributed by atoms with Crippen molar-refractivity contribution in [2.45, 2.75) is 6.42 Å². The molecule has 18 heavy (non-hydrogen) atoms. The predicted octanol–water partition coefficient (Wildman–Crippen LogP) is 2.31. The predicted molar refractivity (Wildman–Crippen MR) is 67.8 cm³/mol. The number of amides is 1. The average molecular weight is 266 g/mol. The Labute approximate surface area is 110 Å². The van der Waals surface area contributed by atoms with Crippen LogP contribution in [0.25, 0.3) is 6.08 Å². The highest BCUT2D eigenvalue weighted by Gasteiger charge is 2.19. The van der Waals surface area contributed by atoms with Gasteiger partial charge in [0.05, 0.1) is 5.02 Å². The Balaban J connectivity index is 1.78. The van der Waals surface area contributed by atoms with E-state index >= 15 is 0 Å². The van der Waals surface area contributed by atoms with Gasteiger partial charge in [0.15, 0.2) is 11.5 Å². The molecule has 3 rings (SSSR count). The van der Waals surface area contributed by atoms with Crippen LogP contribution >= 0.6 is 11.6 Å². The highest BCUT2D eigenvalue weighted by Crippen LogP contribution is 2.40. The highest BCUT2D eigenvalue weighted by molar-refractivity contribution is 6.32. The number of halogens is 1. The topological polar surface area (TPSA) is 38.8 Å². The summed E-state index contributed by atoms with van der Waals surface area (Å²) >= 11 is 6.06. The molecule has 1 amide bonds. The monoisotopic (exact) mass is 265 g/mol. The van der Waals surface area contributed by atoms with Crippen LogP contribution in [0, 0.1) is 0 Å². The number of fused-ring (bicyclic) bond motifs is 1. The minimum Gasteiger partial charge on any atom is -0.454 e. The lowest BCUT2D eigenvalue weighted by Gasteiger charge is -2.29. The van der Waals surface area contributed by atoms with E-state index in [-0.39, 0.29) is 12.7 Å². The number of nitrogens with zero attached hydrogens (tertiary/aromatic N) is 1. The number of carbonyl (C=O) groups is 1. The molecule has 2 aliphatic rings. The molecule has 0 saturated carbocycles. The second-order valence-electron chi connectivity index (χ2n) is 4.25. The van der Waals surface area contributed by atoms with Crippen molar-refractivity contribution in [2.24, 2.45) is 0 Å². The van der Waals surface area contributed by atoms with Crippen molar-refractivity contribution >= 4 is 23.6 Å². The Bertz CT molecular complexity index is 523. The molecule has 0 aromatic heterocycles. The number of carbonyl (C=O) groups excluding carboxylic acids is 1. The third-order valence-electron chi connectivity index (χ3n) is 3.04. The van der Waals surface area contributed by atoms with Crippen LogP contribution in [0.4, 0.5) is 0 Å². The minimum atomic E-state index is 0.0371. The van der Waals surface area contributed by atoms with E-state index in [0.29, 0.717) is 16.5 Å². The number of hydrogen-bond donors (Lipinski definition) is 0. The van der Waals surface area contributed by atoms with Gasteiger partial charge >= 0.3 is 0 Å². The summed E-state index contributed by atoms with van der Waals surface area (Å²) in [5.74, 6) is 1.23. The van der Waals surface area contributed by atoms with E-state index < -0.39 is 0 Å². The Morgan fingerprint density at radius 1 is 1.33 bits per heavy atom. The summed E-state index contributed by atoms with van der Waals surface area (Å²) in [4.78, 5) is 13.5. The van der Waals surface area contributed by atoms with Crippen LogP contribution in [-0.4, -0.2) is 30.7 Å². The molecular formula is C13H12ClNO3. The van der Waals surface area contributed by atoms with Gasteiger partial charge in [-0.25, -0.2) is 0 Å². The van der Waals surface area contributed by atoms with Gasteiger partial charge in [-0.3, -0.25) is 4.79 Å². The maximum absolute atomic E-state index is 11.7. The summed E-state index contributed by atoms with van der Waals surface area (Å²) in [5.41, 5.74) is 0.832. The van der Waals surface area contributed by atoms with E-state index in [1.165, 1.54) is 0 Å². The standard InChI is InChI=1S/C13H12ClNO3/c14-10-6-9(7-11-13(10)18-8-17-11)2-3-12(16)15-4-1-5-15/h2-3,6-7H,1,4-5,8H2/b3-2+. The van der Waals surface area contributed by atoms with Gasteiger partial charge in [-0.15, -0.1) is 0 Å². The van der Waals surface area contributed by atoms with Crippen molar-refractivity contribution < 1.29 is 14.3 Å². The SMILES string of the molecule is O=C(/C=C/c1cc(Cl)c2c(c1)OCO2)N1CCC1. The Kier molecular flexibility index (Phi) is 2.88. The molecule has 2 heterocycles. The molecule has 0 atom stereocenters. The van der Waals surface area contributed by atoms with Gasteiger partial charge in [0.1, 0.15) is 0 Å². The van der Waals surface area contributed by atoms with Gasteiger partial charge in [-0.05, 0) is 30.2 Å². The van der Waals surface area contributed by atoms with Crippen LogP contribution < -0.4 is 9.47 Å². The number of benzene rings is 1. The van der Waals surface area contributed by atoms with Gasteiger partial charge in [0.25, 0.3) is 0 Å². The Morgan fingerprint density at radius 3 is 2.89 bits per heavy atom. The molecule has 5 heteroatoms. The summed E-state index contributed by atoms with van der Waals surface area (Å²) < 4.78 is 10.5. The first-order valence-electron chi connectivity index (χ1n) is 5.80. The molecule has 0 radical (unpaired) electrons. The average Bonchev–Trinajstić information content (AvgIpc) is 2.72. The van der Waals surface area contributed by atoms with Crippen LogP contribution in [0.2, 0.25) is 5.02 Å². The molecule has 2 aliphatic heterocycles. The lowest BCUT2D eigenvalue weighted by atomic mass is 10.1. The molecule has 0 N–H and O–H groups in total. The summed E-state index contributed by atoms with van der Waals surface area (Å²) in [6.07, 6.45) is 4.40. The number of ether oxygens (including phenoxy) is 2. The van der Waals surface area contributed by atoms with Crippen molar-refractivity contribution in [3.8, 4) is 11.5 Å². The third kappa shape index (κ3) is 2.04. The van der Waals surface area contributed by atoms with E-state index in [4.69, 9.17) is 21.1 Å². The first-order valence-corrected chi connectivity index (χ1v) is 6.18. The maximum atomic E-state index is 11.7. The number of rotatable bonds is 2. The first-order chi connectivity index (χ1) is 8.74. The van der Waals surface area contributed by atoms with E-state index in [1.54, 1.807) is 23.1 Å². The molecule has 0 spiro atoms. The molecule has 1 aromatic rings. The summed E-state index contributed by atoms with van der Waals surface area (Å²) in [7, 11) is 0. The molecule has 0 bridgehead atoms. The van der Waals surface area contributed by atoms with Crippen molar-refractivity contribution in [1.82, 2.24) is 4.90 Å². The smallest absolute Gasteiger partial charge is 0.246 e. The van der Waals surface area contributed by atoms with E-state index in [1.807, 2.05) is 6.07 Å². The van der Waals surface area contributed by atoms with E-state index in [9.17, 15) is 4.79 Å². The largest absolute Gasteiger partial charge is 0.454 e. The zero-order valence-electron chi connectivity index (χ0n) is 9.69. The lowest BCUT2D eigenvalue weighted by molar-refractivity contribution is -0.129. The molecule has 1 fully saturated rings. The van der Waals surface area contributed by atoms with Crippen molar-refractivity contribution in [2.75, 3.05) is 19.9 Å². The van der Waals surface area contributed by atoms with Gasteiger partial charge in [-0.2, -0.15) is 0 Å². The second kappa shape index (κ2) is 4.53. The molecule has 0 unspecified atom stereocenters. The minimum absolute atomic E-state index is 0.0371. The van der Waals surface area contributed by atoms with Crippen molar-refractivity contribution in [3.05, 3.63) is 28.8 Å². The number of hydrogen-bond acceptors (Lipinski definition) is 3. The van der Waals surface area contributed by atoms with Gasteiger partial charge < -0.3 is 14.4 Å². The molecular weight excluding hydrogens is 254 g/mol. The summed E-state index contributed by atoms with van der Waals surface area (Å²) in [5, 5.41) is 0.501. The molecule has 1 saturated heterocycles. The van der Waals surface area contributed by atoms with E-state index in [2.05, 4.69) is 0 Å². The lowest BCUT2D eigenvalue weighted by Crippen LogP contribution is -2.40. The molecule has 1 aromatic carbocycles. The quantitative estimate of drug-likeness (QED) is 0.771.